The smallest absolute Gasteiger partial charge is 0.408 e. The molecule has 214 valence electrons. The molecule has 6 rings (SSSR count). The van der Waals surface area contributed by atoms with Gasteiger partial charge in [0.2, 0.25) is 0 Å². The molecular formula is C29H21F3N4O6. The van der Waals surface area contributed by atoms with E-state index in [4.69, 9.17) is 8.83 Å². The van der Waals surface area contributed by atoms with E-state index in [1.165, 1.54) is 46.8 Å². The Morgan fingerprint density at radius 2 is 1.31 bits per heavy atom. The first kappa shape index (κ1) is 28.2. The summed E-state index contributed by atoms with van der Waals surface area (Å²) in [5, 5.41) is 9.54. The lowest BCUT2D eigenvalue weighted by atomic mass is 9.98. The molecule has 0 aliphatic carbocycles. The maximum atomic E-state index is 12.8. The van der Waals surface area contributed by atoms with Crippen LogP contribution >= 0.6 is 0 Å². The number of aliphatic hydroxyl groups excluding tert-OH is 1. The molecule has 1 N–H and O–H groups in total. The van der Waals surface area contributed by atoms with Crippen molar-refractivity contribution in [1.29, 1.82) is 0 Å². The number of halogens is 3. The molecular weight excluding hydrogens is 557 g/mol. The molecule has 4 aromatic heterocycles. The van der Waals surface area contributed by atoms with Crippen LogP contribution < -0.4 is 11.5 Å². The summed E-state index contributed by atoms with van der Waals surface area (Å²) in [5.41, 5.74) is 4.28. The SMILES string of the molecule is Cn1c(=O)oc2ccc(-c3cnccc3C(O)C(F)(F)F)cc21.Cn1c(=O)oc2ccc(-c3cnccc3C=O)cc21. The van der Waals surface area contributed by atoms with Gasteiger partial charge in [-0.3, -0.25) is 23.9 Å². The van der Waals surface area contributed by atoms with Crippen LogP contribution in [0.2, 0.25) is 0 Å². The number of carbonyl (C=O) groups is 1. The molecule has 1 unspecified atom stereocenters. The molecule has 13 heteroatoms. The standard InChI is InChI=1S/C15H11F3N2O3.C14H10N2O3/c1-20-11-6-8(2-3-12(11)23-14(20)22)10-7-19-5-4-9(10)13(21)15(16,17)18;1-16-12-6-9(2-3-13(12)19-14(16)18)11-7-15-5-4-10(11)8-17/h2-7,13,21H,1H3;2-8H,1H3. The number of aliphatic hydroxyl groups is 1. The fourth-order valence-electron chi connectivity index (χ4n) is 4.40. The highest BCUT2D eigenvalue weighted by Crippen LogP contribution is 2.37. The van der Waals surface area contributed by atoms with E-state index in [1.54, 1.807) is 37.6 Å². The Balaban J connectivity index is 0.000000171. The number of aldehydes is 1. The van der Waals surface area contributed by atoms with Crippen molar-refractivity contribution in [3.05, 3.63) is 106 Å². The van der Waals surface area contributed by atoms with Gasteiger partial charge in [0.05, 0.1) is 11.0 Å². The Bertz CT molecular complexity index is 2060. The number of hydrogen-bond donors (Lipinski definition) is 1. The number of fused-ring (bicyclic) bond motifs is 2. The Hall–Kier alpha value is -5.30. The van der Waals surface area contributed by atoms with Crippen molar-refractivity contribution in [1.82, 2.24) is 19.1 Å². The minimum atomic E-state index is -4.79. The topological polar surface area (TPSA) is 133 Å². The van der Waals surface area contributed by atoms with Crippen LogP contribution in [0.4, 0.5) is 13.2 Å². The first-order valence-corrected chi connectivity index (χ1v) is 12.3. The van der Waals surface area contributed by atoms with Gasteiger partial charge in [0, 0.05) is 61.1 Å². The molecule has 0 amide bonds. The summed E-state index contributed by atoms with van der Waals surface area (Å²) in [6, 6.07) is 12.6. The summed E-state index contributed by atoms with van der Waals surface area (Å²) in [6.45, 7) is 0. The molecule has 0 saturated heterocycles. The zero-order valence-electron chi connectivity index (χ0n) is 22.0. The van der Waals surface area contributed by atoms with Gasteiger partial charge >= 0.3 is 17.7 Å². The Labute approximate surface area is 233 Å². The monoisotopic (exact) mass is 578 g/mol. The molecule has 10 nitrogen and oxygen atoms in total. The van der Waals surface area contributed by atoms with Crippen LogP contribution in [0, 0.1) is 0 Å². The summed E-state index contributed by atoms with van der Waals surface area (Å²) in [5.74, 6) is -0.979. The second-order valence-electron chi connectivity index (χ2n) is 9.21. The molecule has 0 radical (unpaired) electrons. The zero-order valence-corrected chi connectivity index (χ0v) is 22.0. The Morgan fingerprint density at radius 1 is 0.810 bits per heavy atom. The molecule has 42 heavy (non-hydrogen) atoms. The predicted octanol–water partition coefficient (Wildman–Crippen LogP) is 4.80. The number of aryl methyl sites for hydroxylation is 2. The maximum Gasteiger partial charge on any atom is 0.419 e. The van der Waals surface area contributed by atoms with E-state index in [9.17, 15) is 32.7 Å². The fraction of sp³-hybridized carbons (Fsp3) is 0.138. The number of aromatic nitrogens is 4. The first-order chi connectivity index (χ1) is 20.0. The lowest BCUT2D eigenvalue weighted by Crippen LogP contribution is -2.21. The lowest BCUT2D eigenvalue weighted by molar-refractivity contribution is -0.206. The van der Waals surface area contributed by atoms with Crippen molar-refractivity contribution in [2.24, 2.45) is 14.1 Å². The van der Waals surface area contributed by atoms with E-state index >= 15 is 0 Å². The summed E-state index contributed by atoms with van der Waals surface area (Å²) in [6.07, 6.45) is -1.01. The molecule has 2 aromatic carbocycles. The van der Waals surface area contributed by atoms with Crippen LogP contribution in [0.1, 0.15) is 22.0 Å². The van der Waals surface area contributed by atoms with Gasteiger partial charge in [0.1, 0.15) is 0 Å². The highest BCUT2D eigenvalue weighted by Gasteiger charge is 2.40. The molecule has 0 fully saturated rings. The molecule has 0 aliphatic rings. The number of pyridine rings is 2. The van der Waals surface area contributed by atoms with E-state index in [-0.39, 0.29) is 11.1 Å². The number of benzene rings is 2. The number of nitrogens with zero attached hydrogens (tertiary/aromatic N) is 4. The van der Waals surface area contributed by atoms with Crippen LogP contribution in [0.3, 0.4) is 0 Å². The van der Waals surface area contributed by atoms with Gasteiger partial charge in [-0.25, -0.2) is 9.59 Å². The number of hydrogen-bond acceptors (Lipinski definition) is 8. The van der Waals surface area contributed by atoms with E-state index in [2.05, 4.69) is 9.97 Å². The van der Waals surface area contributed by atoms with E-state index < -0.39 is 23.8 Å². The molecule has 0 aliphatic heterocycles. The number of rotatable bonds is 4. The minimum absolute atomic E-state index is 0.132. The number of oxazole rings is 2. The van der Waals surface area contributed by atoms with Crippen LogP contribution in [-0.4, -0.2) is 36.7 Å². The van der Waals surface area contributed by atoms with Crippen LogP contribution in [0.5, 0.6) is 0 Å². The summed E-state index contributed by atoms with van der Waals surface area (Å²) < 4.78 is 51.2. The van der Waals surface area contributed by atoms with Crippen molar-refractivity contribution in [2.75, 3.05) is 0 Å². The summed E-state index contributed by atoms with van der Waals surface area (Å²) in [7, 11) is 3.13. The van der Waals surface area contributed by atoms with Gasteiger partial charge in [0.15, 0.2) is 23.6 Å². The van der Waals surface area contributed by atoms with Crippen molar-refractivity contribution in [2.45, 2.75) is 12.3 Å². The molecule has 0 spiro atoms. The van der Waals surface area contributed by atoms with Gasteiger partial charge in [-0.1, -0.05) is 12.1 Å². The third kappa shape index (κ3) is 5.24. The highest BCUT2D eigenvalue weighted by molar-refractivity contribution is 5.89. The van der Waals surface area contributed by atoms with Gasteiger partial charge in [-0.05, 0) is 47.5 Å². The van der Waals surface area contributed by atoms with Crippen LogP contribution in [0.25, 0.3) is 44.5 Å². The molecule has 1 atom stereocenters. The summed E-state index contributed by atoms with van der Waals surface area (Å²) in [4.78, 5) is 41.8. The first-order valence-electron chi connectivity index (χ1n) is 12.3. The molecule has 0 bridgehead atoms. The van der Waals surface area contributed by atoms with Gasteiger partial charge < -0.3 is 13.9 Å². The Kier molecular flexibility index (Phi) is 7.35. The Morgan fingerprint density at radius 3 is 1.83 bits per heavy atom. The zero-order chi connectivity index (χ0) is 30.2. The largest absolute Gasteiger partial charge is 0.419 e. The van der Waals surface area contributed by atoms with E-state index in [1.807, 2.05) is 6.07 Å². The van der Waals surface area contributed by atoms with Crippen molar-refractivity contribution >= 4 is 28.5 Å². The predicted molar refractivity (Wildman–Crippen MR) is 146 cm³/mol. The van der Waals surface area contributed by atoms with Gasteiger partial charge in [-0.15, -0.1) is 0 Å². The molecule has 6 aromatic rings. The quantitative estimate of drug-likeness (QED) is 0.295. The average Bonchev–Trinajstić information content (AvgIpc) is 3.44. The van der Waals surface area contributed by atoms with E-state index in [0.717, 1.165) is 23.5 Å². The maximum absolute atomic E-state index is 12.8. The number of alkyl halides is 3. The molecule has 4 heterocycles. The number of carbonyl (C=O) groups excluding carboxylic acids is 1. The van der Waals surface area contributed by atoms with Crippen LogP contribution in [-0.2, 0) is 14.1 Å². The van der Waals surface area contributed by atoms with Crippen molar-refractivity contribution in [3.63, 3.8) is 0 Å². The van der Waals surface area contributed by atoms with E-state index in [0.29, 0.717) is 33.3 Å². The summed E-state index contributed by atoms with van der Waals surface area (Å²) >= 11 is 0. The van der Waals surface area contributed by atoms with Crippen molar-refractivity contribution in [3.8, 4) is 22.3 Å². The average molecular weight is 579 g/mol. The van der Waals surface area contributed by atoms with Crippen molar-refractivity contribution < 1.29 is 31.9 Å². The van der Waals surface area contributed by atoms with Crippen LogP contribution in [0.15, 0.2) is 91.7 Å². The third-order valence-electron chi connectivity index (χ3n) is 6.65. The lowest BCUT2D eigenvalue weighted by Gasteiger charge is -2.18. The van der Waals surface area contributed by atoms with Gasteiger partial charge in [-0.2, -0.15) is 13.2 Å². The third-order valence-corrected chi connectivity index (χ3v) is 6.65. The highest BCUT2D eigenvalue weighted by atomic mass is 19.4. The minimum Gasteiger partial charge on any atom is -0.408 e. The second kappa shape index (κ2) is 10.9. The second-order valence-corrected chi connectivity index (χ2v) is 9.21. The fourth-order valence-corrected chi connectivity index (χ4v) is 4.40. The van der Waals surface area contributed by atoms with Gasteiger partial charge in [0.25, 0.3) is 0 Å². The normalized spacial score (nSPS) is 12.2. The molecule has 0 saturated carbocycles.